The van der Waals surface area contributed by atoms with Crippen molar-refractivity contribution < 1.29 is 4.79 Å². The molecular formula is C26H26N4OS. The summed E-state index contributed by atoms with van der Waals surface area (Å²) in [5.41, 5.74) is 5.50. The average Bonchev–Trinajstić information content (AvgIpc) is 3.39. The highest BCUT2D eigenvalue weighted by Crippen LogP contribution is 2.30. The maximum absolute atomic E-state index is 12.7. The summed E-state index contributed by atoms with van der Waals surface area (Å²) in [7, 11) is 0. The summed E-state index contributed by atoms with van der Waals surface area (Å²) in [6.07, 6.45) is 0.994. The van der Waals surface area contributed by atoms with E-state index in [0.29, 0.717) is 13.1 Å². The molecule has 3 heterocycles. The molecule has 1 aliphatic rings. The summed E-state index contributed by atoms with van der Waals surface area (Å²) >= 11 is 1.70. The molecule has 0 bridgehead atoms. The van der Waals surface area contributed by atoms with Gasteiger partial charge in [0, 0.05) is 42.8 Å². The molecule has 2 aromatic heterocycles. The summed E-state index contributed by atoms with van der Waals surface area (Å²) in [4.78, 5) is 21.9. The van der Waals surface area contributed by atoms with Gasteiger partial charge in [-0.3, -0.25) is 0 Å². The van der Waals surface area contributed by atoms with Gasteiger partial charge >= 0.3 is 6.03 Å². The quantitative estimate of drug-likeness (QED) is 0.429. The molecule has 2 amide bonds. The van der Waals surface area contributed by atoms with Gasteiger partial charge in [-0.1, -0.05) is 37.3 Å². The fraction of sp³-hybridized carbons (Fsp3) is 0.231. The van der Waals surface area contributed by atoms with E-state index in [9.17, 15) is 4.79 Å². The molecule has 162 valence electrons. The zero-order valence-electron chi connectivity index (χ0n) is 18.1. The molecule has 0 spiro atoms. The lowest BCUT2D eigenvalue weighted by molar-refractivity contribution is 0.208. The Balaban J connectivity index is 1.27. The van der Waals surface area contributed by atoms with Crippen molar-refractivity contribution in [1.82, 2.24) is 9.88 Å². The number of pyridine rings is 1. The summed E-state index contributed by atoms with van der Waals surface area (Å²) in [6.45, 7) is 5.00. The Hall–Kier alpha value is -3.38. The van der Waals surface area contributed by atoms with Gasteiger partial charge in [0.15, 0.2) is 0 Å². The molecule has 0 saturated carbocycles. The molecule has 5 nitrogen and oxygen atoms in total. The topological polar surface area (TPSA) is 48.5 Å². The number of piperazine rings is 1. The van der Waals surface area contributed by atoms with Crippen molar-refractivity contribution in [3.63, 3.8) is 0 Å². The van der Waals surface area contributed by atoms with Crippen molar-refractivity contribution in [2.24, 2.45) is 0 Å². The molecule has 0 aliphatic carbocycles. The first-order chi connectivity index (χ1) is 15.7. The van der Waals surface area contributed by atoms with Crippen LogP contribution in [0.5, 0.6) is 0 Å². The second-order valence-electron chi connectivity index (χ2n) is 8.01. The van der Waals surface area contributed by atoms with Crippen LogP contribution in [0.1, 0.15) is 12.5 Å². The number of anilines is 2. The van der Waals surface area contributed by atoms with Crippen LogP contribution >= 0.6 is 11.3 Å². The minimum absolute atomic E-state index is 0.0416. The number of thiophene rings is 1. The Morgan fingerprint density at radius 2 is 1.81 bits per heavy atom. The molecular weight excluding hydrogens is 416 g/mol. The molecule has 0 atom stereocenters. The van der Waals surface area contributed by atoms with Gasteiger partial charge in [-0.05, 0) is 58.6 Å². The molecule has 1 saturated heterocycles. The molecule has 1 N–H and O–H groups in total. The zero-order valence-corrected chi connectivity index (χ0v) is 18.9. The SMILES string of the molecule is CCc1ccc(NC(=O)N2CCN(c3ccc4cccc(-c5ccsc5)c4n3)CC2)cc1. The van der Waals surface area contributed by atoms with Crippen molar-refractivity contribution in [2.75, 3.05) is 36.4 Å². The molecule has 0 unspecified atom stereocenters. The largest absolute Gasteiger partial charge is 0.353 e. The lowest BCUT2D eigenvalue weighted by Gasteiger charge is -2.35. The highest BCUT2D eigenvalue weighted by Gasteiger charge is 2.22. The highest BCUT2D eigenvalue weighted by molar-refractivity contribution is 7.08. The number of fused-ring (bicyclic) bond motifs is 1. The van der Waals surface area contributed by atoms with Gasteiger partial charge in [-0.2, -0.15) is 11.3 Å². The number of rotatable bonds is 4. The number of nitrogens with zero attached hydrogens (tertiary/aromatic N) is 3. The fourth-order valence-electron chi connectivity index (χ4n) is 4.13. The molecule has 6 heteroatoms. The van der Waals surface area contributed by atoms with Crippen LogP contribution in [0.3, 0.4) is 0 Å². The van der Waals surface area contributed by atoms with E-state index in [4.69, 9.17) is 4.98 Å². The standard InChI is InChI=1S/C26H26N4OS/c1-2-19-6-9-22(10-7-19)27-26(31)30-15-13-29(14-16-30)24-11-8-20-4-3-5-23(25(20)28-24)21-12-17-32-18-21/h3-12,17-18H,2,13-16H2,1H3,(H,27,31). The van der Waals surface area contributed by atoms with Gasteiger partial charge in [0.25, 0.3) is 0 Å². The first-order valence-electron chi connectivity index (χ1n) is 11.0. The van der Waals surface area contributed by atoms with Crippen molar-refractivity contribution >= 4 is 39.8 Å². The van der Waals surface area contributed by atoms with Crippen LogP contribution in [-0.4, -0.2) is 42.1 Å². The van der Waals surface area contributed by atoms with E-state index < -0.39 is 0 Å². The van der Waals surface area contributed by atoms with Gasteiger partial charge in [-0.15, -0.1) is 0 Å². The molecule has 5 rings (SSSR count). The molecule has 4 aromatic rings. The van der Waals surface area contributed by atoms with E-state index in [1.165, 1.54) is 11.1 Å². The van der Waals surface area contributed by atoms with Crippen LogP contribution in [0.25, 0.3) is 22.0 Å². The smallest absolute Gasteiger partial charge is 0.321 e. The third-order valence-corrected chi connectivity index (χ3v) is 6.73. The van der Waals surface area contributed by atoms with Crippen LogP contribution < -0.4 is 10.2 Å². The first-order valence-corrected chi connectivity index (χ1v) is 12.0. The summed E-state index contributed by atoms with van der Waals surface area (Å²) < 4.78 is 0. The van der Waals surface area contributed by atoms with Crippen molar-refractivity contribution in [2.45, 2.75) is 13.3 Å². The Labute approximate surface area is 192 Å². The van der Waals surface area contributed by atoms with Gasteiger partial charge < -0.3 is 15.1 Å². The van der Waals surface area contributed by atoms with Gasteiger partial charge in [0.1, 0.15) is 5.82 Å². The third-order valence-electron chi connectivity index (χ3n) is 6.04. The van der Waals surface area contributed by atoms with Crippen molar-refractivity contribution in [3.8, 4) is 11.1 Å². The maximum Gasteiger partial charge on any atom is 0.321 e. The number of amides is 2. The molecule has 2 aromatic carbocycles. The first kappa shape index (κ1) is 20.5. The Kier molecular flexibility index (Phi) is 5.77. The average molecular weight is 443 g/mol. The number of hydrogen-bond donors (Lipinski definition) is 1. The normalized spacial score (nSPS) is 14.0. The minimum Gasteiger partial charge on any atom is -0.353 e. The molecule has 32 heavy (non-hydrogen) atoms. The van der Waals surface area contributed by atoms with Crippen molar-refractivity contribution in [3.05, 3.63) is 77.0 Å². The summed E-state index contributed by atoms with van der Waals surface area (Å²) in [5, 5.41) is 8.42. The predicted octanol–water partition coefficient (Wildman–Crippen LogP) is 5.88. The van der Waals surface area contributed by atoms with E-state index in [0.717, 1.165) is 47.5 Å². The number of benzene rings is 2. The van der Waals surface area contributed by atoms with E-state index in [1.54, 1.807) is 11.3 Å². The van der Waals surface area contributed by atoms with E-state index in [-0.39, 0.29) is 6.03 Å². The molecule has 1 fully saturated rings. The molecule has 0 radical (unpaired) electrons. The maximum atomic E-state index is 12.7. The second kappa shape index (κ2) is 9.01. The van der Waals surface area contributed by atoms with Gasteiger partial charge in [0.05, 0.1) is 5.52 Å². The second-order valence-corrected chi connectivity index (χ2v) is 8.79. The highest BCUT2D eigenvalue weighted by atomic mass is 32.1. The lowest BCUT2D eigenvalue weighted by atomic mass is 10.0. The van der Waals surface area contributed by atoms with Crippen molar-refractivity contribution in [1.29, 1.82) is 0 Å². The number of nitrogens with one attached hydrogen (secondary N) is 1. The number of carbonyl (C=O) groups is 1. The monoisotopic (exact) mass is 442 g/mol. The Morgan fingerprint density at radius 1 is 1.00 bits per heavy atom. The van der Waals surface area contributed by atoms with Crippen LogP contribution in [0.4, 0.5) is 16.3 Å². The number of carbonyl (C=O) groups excluding carboxylic acids is 1. The Morgan fingerprint density at radius 3 is 2.53 bits per heavy atom. The minimum atomic E-state index is -0.0416. The Bertz CT molecular complexity index is 1210. The number of aryl methyl sites for hydroxylation is 1. The predicted molar refractivity (Wildman–Crippen MR) is 134 cm³/mol. The number of hydrogen-bond acceptors (Lipinski definition) is 4. The number of para-hydroxylation sites is 1. The fourth-order valence-corrected chi connectivity index (χ4v) is 4.78. The van der Waals surface area contributed by atoms with Gasteiger partial charge in [-0.25, -0.2) is 9.78 Å². The van der Waals surface area contributed by atoms with Crippen LogP contribution in [-0.2, 0) is 6.42 Å². The van der Waals surface area contributed by atoms with Crippen LogP contribution in [0.15, 0.2) is 71.4 Å². The van der Waals surface area contributed by atoms with Gasteiger partial charge in [0.2, 0.25) is 0 Å². The van der Waals surface area contributed by atoms with E-state index >= 15 is 0 Å². The summed E-state index contributed by atoms with van der Waals surface area (Å²) in [6, 6.07) is 20.7. The van der Waals surface area contributed by atoms with E-state index in [2.05, 4.69) is 76.4 Å². The third kappa shape index (κ3) is 4.18. The zero-order chi connectivity index (χ0) is 21.9. The summed E-state index contributed by atoms with van der Waals surface area (Å²) in [5.74, 6) is 0.968. The van der Waals surface area contributed by atoms with Crippen LogP contribution in [0, 0.1) is 0 Å². The number of aromatic nitrogens is 1. The van der Waals surface area contributed by atoms with Crippen LogP contribution in [0.2, 0.25) is 0 Å². The lowest BCUT2D eigenvalue weighted by Crippen LogP contribution is -2.50. The number of urea groups is 1. The van der Waals surface area contributed by atoms with E-state index in [1.807, 2.05) is 17.0 Å². The molecule has 1 aliphatic heterocycles.